The minimum Gasteiger partial charge on any atom is -0.494 e. The third-order valence-corrected chi connectivity index (χ3v) is 8.47. The van der Waals surface area contributed by atoms with Gasteiger partial charge in [0.15, 0.2) is 0 Å². The van der Waals surface area contributed by atoms with Gasteiger partial charge in [-0.15, -0.1) is 0 Å². The molecule has 5 aromatic rings. The zero-order valence-corrected chi connectivity index (χ0v) is 37.0. The standard InChI is InChI=1S/C20H21BO7.C10H11BO4.C9H9BO4.C8H9BO2/c1-2-19(22)27-14-4-3-13-26-17-9-5-15(6-10-17)20(23)28-18-11-7-16(8-12-18)21(24)25;1-7(2)10(12)15-9-5-3-8(4-6-9)11(13)14;1-2-9(11)14-8-5-3-7(4-6-8)10(12)13;1-2-7-3-5-8(6-4-7)9(10)11/h2,5-12,24-25H,1,3-4,13-14H2;3-6,13-14H,1H2,2H3;2-6,12-13H,1H2;2-6,10-11H,1H2. The molecule has 17 nitrogen and oxygen atoms in total. The summed E-state index contributed by atoms with van der Waals surface area (Å²) in [5.74, 6) is -0.452. The van der Waals surface area contributed by atoms with Crippen LogP contribution in [0.4, 0.5) is 0 Å². The van der Waals surface area contributed by atoms with Crippen LogP contribution in [-0.2, 0) is 19.1 Å². The van der Waals surface area contributed by atoms with Crippen LogP contribution in [0.1, 0.15) is 35.7 Å². The molecule has 0 unspecified atom stereocenters. The Morgan fingerprint density at radius 2 is 0.853 bits per heavy atom. The second kappa shape index (κ2) is 30.8. The van der Waals surface area contributed by atoms with E-state index in [0.717, 1.165) is 17.7 Å². The Bertz CT molecular complexity index is 2370. The zero-order valence-electron chi connectivity index (χ0n) is 37.0. The predicted molar refractivity (Wildman–Crippen MR) is 259 cm³/mol. The van der Waals surface area contributed by atoms with E-state index in [4.69, 9.17) is 63.9 Å². The fourth-order valence-corrected chi connectivity index (χ4v) is 4.76. The van der Waals surface area contributed by atoms with E-state index < -0.39 is 52.4 Å². The maximum Gasteiger partial charge on any atom is 0.488 e. The average Bonchev–Trinajstić information content (AvgIpc) is 3.33. The summed E-state index contributed by atoms with van der Waals surface area (Å²) in [4.78, 5) is 44.9. The molecule has 0 saturated carbocycles. The minimum absolute atomic E-state index is 0.298. The van der Waals surface area contributed by atoms with E-state index >= 15 is 0 Å². The van der Waals surface area contributed by atoms with Crippen molar-refractivity contribution >= 4 is 80.3 Å². The highest BCUT2D eigenvalue weighted by atomic mass is 16.5. The molecule has 0 fully saturated rings. The van der Waals surface area contributed by atoms with Crippen LogP contribution in [0.15, 0.2) is 165 Å². The Morgan fingerprint density at radius 1 is 0.485 bits per heavy atom. The van der Waals surface area contributed by atoms with Crippen molar-refractivity contribution in [2.75, 3.05) is 13.2 Å². The lowest BCUT2D eigenvalue weighted by atomic mass is 9.80. The Labute approximate surface area is 394 Å². The molecule has 0 atom stereocenters. The number of esters is 4. The number of rotatable bonds is 18. The molecule has 68 heavy (non-hydrogen) atoms. The van der Waals surface area contributed by atoms with Crippen molar-refractivity contribution < 1.29 is 83.1 Å². The van der Waals surface area contributed by atoms with Crippen LogP contribution in [0.25, 0.3) is 6.08 Å². The quantitative estimate of drug-likeness (QED) is 0.0198. The Morgan fingerprint density at radius 3 is 1.24 bits per heavy atom. The van der Waals surface area contributed by atoms with Crippen LogP contribution in [0, 0.1) is 0 Å². The van der Waals surface area contributed by atoms with Crippen molar-refractivity contribution in [2.24, 2.45) is 0 Å². The van der Waals surface area contributed by atoms with Gasteiger partial charge < -0.3 is 63.9 Å². The fraction of sp³-hybridized carbons (Fsp3) is 0.106. The van der Waals surface area contributed by atoms with Crippen molar-refractivity contribution in [2.45, 2.75) is 19.8 Å². The predicted octanol–water partition coefficient (Wildman–Crippen LogP) is 0.789. The van der Waals surface area contributed by atoms with Gasteiger partial charge in [-0.2, -0.15) is 0 Å². The average molecular weight is 930 g/mol. The summed E-state index contributed by atoms with van der Waals surface area (Å²) in [6.07, 6.45) is 5.27. The molecule has 0 aliphatic rings. The molecule has 0 radical (unpaired) electrons. The first kappa shape index (κ1) is 56.8. The SMILES string of the molecule is C=C(C)C(=O)Oc1ccc(B(O)O)cc1.C=CC(=O)OCCCCOc1ccc(C(=O)Oc2ccc(B(O)O)cc2)cc1.C=CC(=O)Oc1ccc(B(O)O)cc1.C=Cc1ccc(B(O)O)cc1. The number of carbonyl (C=O) groups excluding carboxylic acids is 4. The smallest absolute Gasteiger partial charge is 0.488 e. The van der Waals surface area contributed by atoms with Crippen molar-refractivity contribution in [3.8, 4) is 23.0 Å². The van der Waals surface area contributed by atoms with E-state index in [0.29, 0.717) is 82.0 Å². The number of hydrogen-bond acceptors (Lipinski definition) is 17. The number of ether oxygens (including phenoxy) is 5. The summed E-state index contributed by atoms with van der Waals surface area (Å²) in [7, 11) is -5.98. The van der Waals surface area contributed by atoms with Gasteiger partial charge in [0.2, 0.25) is 0 Å². The van der Waals surface area contributed by atoms with Crippen molar-refractivity contribution in [1.82, 2.24) is 0 Å². The molecule has 8 N–H and O–H groups in total. The fourth-order valence-electron chi connectivity index (χ4n) is 4.76. The van der Waals surface area contributed by atoms with Gasteiger partial charge in [0.1, 0.15) is 23.0 Å². The van der Waals surface area contributed by atoms with Crippen LogP contribution in [0.3, 0.4) is 0 Å². The van der Waals surface area contributed by atoms with E-state index in [1.807, 2.05) is 0 Å². The van der Waals surface area contributed by atoms with Crippen LogP contribution < -0.4 is 40.8 Å². The second-order valence-corrected chi connectivity index (χ2v) is 13.7. The molecule has 5 rings (SSSR count). The van der Waals surface area contributed by atoms with Gasteiger partial charge in [0.25, 0.3) is 0 Å². The summed E-state index contributed by atoms with van der Waals surface area (Å²) < 4.78 is 25.4. The lowest BCUT2D eigenvalue weighted by Crippen LogP contribution is -2.29. The first-order chi connectivity index (χ1) is 32.4. The molecule has 0 heterocycles. The summed E-state index contributed by atoms with van der Waals surface area (Å²) in [6, 6.07) is 31.0. The molecule has 0 spiro atoms. The van der Waals surface area contributed by atoms with E-state index in [1.165, 1.54) is 72.8 Å². The van der Waals surface area contributed by atoms with Crippen LogP contribution in [-0.4, -0.2) is 106 Å². The van der Waals surface area contributed by atoms with E-state index in [9.17, 15) is 19.2 Å². The first-order valence-corrected chi connectivity index (χ1v) is 20.3. The highest BCUT2D eigenvalue weighted by molar-refractivity contribution is 6.59. The van der Waals surface area contributed by atoms with Gasteiger partial charge in [0.05, 0.1) is 18.8 Å². The monoisotopic (exact) mass is 930 g/mol. The van der Waals surface area contributed by atoms with Crippen LogP contribution in [0.2, 0.25) is 0 Å². The Kier molecular flexibility index (Phi) is 25.7. The van der Waals surface area contributed by atoms with Crippen molar-refractivity contribution in [3.63, 3.8) is 0 Å². The summed E-state index contributed by atoms with van der Waals surface area (Å²) in [6.45, 7) is 15.9. The molecule has 21 heteroatoms. The molecule has 0 saturated heterocycles. The normalized spacial score (nSPS) is 9.66. The summed E-state index contributed by atoms with van der Waals surface area (Å²) in [5.41, 5.74) is 3.11. The molecule has 352 valence electrons. The van der Waals surface area contributed by atoms with E-state index in [1.54, 1.807) is 61.5 Å². The number of hydrogen-bond donors (Lipinski definition) is 8. The third kappa shape index (κ3) is 22.2. The zero-order chi connectivity index (χ0) is 50.6. The molecule has 5 aromatic carbocycles. The Hall–Kier alpha value is -7.32. The molecular formula is C47H50B4O17. The van der Waals surface area contributed by atoms with Gasteiger partial charge in [0, 0.05) is 17.7 Å². The van der Waals surface area contributed by atoms with Crippen LogP contribution in [0.5, 0.6) is 23.0 Å². The van der Waals surface area contributed by atoms with E-state index in [2.05, 4.69) is 26.3 Å². The van der Waals surface area contributed by atoms with E-state index in [-0.39, 0.29) is 0 Å². The van der Waals surface area contributed by atoms with Crippen LogP contribution >= 0.6 is 0 Å². The highest BCUT2D eigenvalue weighted by Crippen LogP contribution is 2.16. The number of carbonyl (C=O) groups is 4. The van der Waals surface area contributed by atoms with Gasteiger partial charge in [-0.1, -0.05) is 93.1 Å². The topological polar surface area (TPSA) is 276 Å². The van der Waals surface area contributed by atoms with Crippen molar-refractivity contribution in [3.05, 3.63) is 176 Å². The molecule has 0 aromatic heterocycles. The van der Waals surface area contributed by atoms with Gasteiger partial charge >= 0.3 is 52.4 Å². The molecule has 0 aliphatic heterocycles. The molecule has 0 amide bonds. The van der Waals surface area contributed by atoms with Crippen molar-refractivity contribution in [1.29, 1.82) is 0 Å². The number of benzene rings is 5. The molecule has 0 aliphatic carbocycles. The first-order valence-electron chi connectivity index (χ1n) is 20.3. The molecular weight excluding hydrogens is 880 g/mol. The highest BCUT2D eigenvalue weighted by Gasteiger charge is 2.14. The largest absolute Gasteiger partial charge is 0.494 e. The van der Waals surface area contributed by atoms with Gasteiger partial charge in [-0.3, -0.25) is 0 Å². The maximum absolute atomic E-state index is 12.1. The Balaban J connectivity index is 0.000000336. The minimum atomic E-state index is -1.57. The lowest BCUT2D eigenvalue weighted by Gasteiger charge is -2.08. The lowest BCUT2D eigenvalue weighted by molar-refractivity contribution is -0.138. The van der Waals surface area contributed by atoms with Gasteiger partial charge in [-0.25, -0.2) is 19.2 Å². The second-order valence-electron chi connectivity index (χ2n) is 13.7. The number of unbranched alkanes of at least 4 members (excludes halogenated alkanes) is 1. The third-order valence-electron chi connectivity index (χ3n) is 8.47. The summed E-state index contributed by atoms with van der Waals surface area (Å²) >= 11 is 0. The van der Waals surface area contributed by atoms with Gasteiger partial charge in [-0.05, 0) is 108 Å². The maximum atomic E-state index is 12.1. The summed E-state index contributed by atoms with van der Waals surface area (Å²) in [5, 5.41) is 70.7. The molecule has 0 bridgehead atoms.